The Morgan fingerprint density at radius 3 is 2.21 bits per heavy atom. The summed E-state index contributed by atoms with van der Waals surface area (Å²) in [5.74, 6) is -0.496. The number of aromatic nitrogens is 2. The highest BCUT2D eigenvalue weighted by Crippen LogP contribution is 2.12. The topological polar surface area (TPSA) is 79.8 Å². The van der Waals surface area contributed by atoms with Gasteiger partial charge in [-0.2, -0.15) is 0 Å². The largest absolute Gasteiger partial charge is 0.247 e. The van der Waals surface area contributed by atoms with Crippen LogP contribution in [0.3, 0.4) is 0 Å². The Hall–Kier alpha value is -1.01. The van der Waals surface area contributed by atoms with Gasteiger partial charge in [0.2, 0.25) is 15.0 Å². The lowest BCUT2D eigenvalue weighted by Gasteiger charge is -2.12. The molecule has 0 amide bonds. The molecule has 0 aliphatic heterocycles. The second-order valence-corrected chi connectivity index (χ2v) is 5.43. The summed E-state index contributed by atoms with van der Waals surface area (Å²) in [5, 5.41) is 11.0. The van der Waals surface area contributed by atoms with Crippen LogP contribution < -0.4 is 0 Å². The number of hydrogen-bond donors (Lipinski definition) is 0. The maximum atomic E-state index is 11.5. The van der Waals surface area contributed by atoms with Gasteiger partial charge >= 0.3 is 0 Å². The number of nitrogens with zero attached hydrogens (tertiary/aromatic N) is 2. The lowest BCUT2D eigenvalue weighted by Crippen LogP contribution is -2.29. The Bertz CT molecular complexity index is 394. The SMILES string of the molecule is CC(C)([O])CS(=O)(=O)c1ncccn1. The summed E-state index contributed by atoms with van der Waals surface area (Å²) < 4.78 is 23.0. The molecule has 0 atom stereocenters. The zero-order chi connectivity index (χ0) is 10.8. The highest BCUT2D eigenvalue weighted by Gasteiger charge is 2.28. The van der Waals surface area contributed by atoms with E-state index in [-0.39, 0.29) is 5.16 Å². The Morgan fingerprint density at radius 1 is 1.29 bits per heavy atom. The first-order chi connectivity index (χ1) is 6.31. The Morgan fingerprint density at radius 2 is 1.79 bits per heavy atom. The fourth-order valence-electron chi connectivity index (χ4n) is 0.968. The third-order valence-electron chi connectivity index (χ3n) is 1.36. The fourth-order valence-corrected chi connectivity index (χ4v) is 2.46. The molecular weight excluding hydrogens is 204 g/mol. The Labute approximate surface area is 82.8 Å². The maximum Gasteiger partial charge on any atom is 0.247 e. The van der Waals surface area contributed by atoms with Crippen molar-refractivity contribution in [2.75, 3.05) is 5.75 Å². The van der Waals surface area contributed by atoms with Crippen LogP contribution in [0, 0.1) is 0 Å². The lowest BCUT2D eigenvalue weighted by atomic mass is 10.2. The van der Waals surface area contributed by atoms with Gasteiger partial charge in [-0.25, -0.2) is 23.5 Å². The van der Waals surface area contributed by atoms with Crippen molar-refractivity contribution in [3.8, 4) is 0 Å². The van der Waals surface area contributed by atoms with Crippen molar-refractivity contribution in [1.29, 1.82) is 0 Å². The summed E-state index contributed by atoms with van der Waals surface area (Å²) in [6.07, 6.45) is 2.66. The van der Waals surface area contributed by atoms with E-state index in [0.29, 0.717) is 0 Å². The second-order valence-electron chi connectivity index (χ2n) is 3.55. The monoisotopic (exact) mass is 215 g/mol. The zero-order valence-electron chi connectivity index (χ0n) is 7.97. The molecule has 0 aliphatic rings. The summed E-state index contributed by atoms with van der Waals surface area (Å²) in [6, 6.07) is 1.52. The summed E-state index contributed by atoms with van der Waals surface area (Å²) >= 11 is 0. The molecule has 0 saturated carbocycles. The van der Waals surface area contributed by atoms with Gasteiger partial charge in [0.25, 0.3) is 0 Å². The second kappa shape index (κ2) is 3.62. The third-order valence-corrected chi connectivity index (χ3v) is 3.20. The van der Waals surface area contributed by atoms with Gasteiger partial charge in [0.1, 0.15) is 5.60 Å². The van der Waals surface area contributed by atoms with Crippen molar-refractivity contribution in [3.05, 3.63) is 18.5 Å². The molecule has 14 heavy (non-hydrogen) atoms. The maximum absolute atomic E-state index is 11.5. The van der Waals surface area contributed by atoms with Crippen molar-refractivity contribution < 1.29 is 13.5 Å². The van der Waals surface area contributed by atoms with Crippen LogP contribution in [0.1, 0.15) is 13.8 Å². The van der Waals surface area contributed by atoms with Gasteiger partial charge in [0, 0.05) is 12.4 Å². The first-order valence-corrected chi connectivity index (χ1v) is 5.67. The van der Waals surface area contributed by atoms with E-state index in [1.807, 2.05) is 0 Å². The molecule has 1 heterocycles. The van der Waals surface area contributed by atoms with Crippen LogP contribution in [0.5, 0.6) is 0 Å². The smallest absolute Gasteiger partial charge is 0.229 e. The molecule has 6 heteroatoms. The average Bonchev–Trinajstić information content (AvgIpc) is 2.01. The van der Waals surface area contributed by atoms with Crippen molar-refractivity contribution in [1.82, 2.24) is 9.97 Å². The van der Waals surface area contributed by atoms with Gasteiger partial charge < -0.3 is 0 Å². The first kappa shape index (κ1) is 11.1. The molecule has 0 spiro atoms. The van der Waals surface area contributed by atoms with Crippen LogP contribution in [0.25, 0.3) is 0 Å². The standard InChI is InChI=1S/C8H11N2O3S/c1-8(2,11)6-14(12,13)7-9-4-3-5-10-7/h3-5H,6H2,1-2H3. The van der Waals surface area contributed by atoms with E-state index in [0.717, 1.165) is 0 Å². The molecule has 1 rings (SSSR count). The molecule has 0 saturated heterocycles. The minimum absolute atomic E-state index is 0.288. The van der Waals surface area contributed by atoms with Crippen molar-refractivity contribution >= 4 is 9.84 Å². The minimum atomic E-state index is -3.65. The van der Waals surface area contributed by atoms with E-state index < -0.39 is 21.2 Å². The summed E-state index contributed by atoms with van der Waals surface area (Å²) in [7, 11) is -3.65. The minimum Gasteiger partial charge on any atom is -0.229 e. The van der Waals surface area contributed by atoms with Crippen LogP contribution in [-0.4, -0.2) is 29.7 Å². The first-order valence-electron chi connectivity index (χ1n) is 4.01. The van der Waals surface area contributed by atoms with E-state index in [2.05, 4.69) is 9.97 Å². The van der Waals surface area contributed by atoms with E-state index >= 15 is 0 Å². The molecule has 0 unspecified atom stereocenters. The zero-order valence-corrected chi connectivity index (χ0v) is 8.78. The lowest BCUT2D eigenvalue weighted by molar-refractivity contribution is 0.0248. The van der Waals surface area contributed by atoms with Crippen molar-refractivity contribution in [2.24, 2.45) is 0 Å². The molecule has 1 aromatic rings. The quantitative estimate of drug-likeness (QED) is 0.686. The molecule has 0 aliphatic carbocycles. The highest BCUT2D eigenvalue weighted by molar-refractivity contribution is 7.91. The van der Waals surface area contributed by atoms with Gasteiger partial charge in [-0.05, 0) is 19.9 Å². The van der Waals surface area contributed by atoms with Crippen molar-refractivity contribution in [2.45, 2.75) is 24.6 Å². The van der Waals surface area contributed by atoms with E-state index in [9.17, 15) is 13.5 Å². The third kappa shape index (κ3) is 3.04. The van der Waals surface area contributed by atoms with Gasteiger partial charge in [-0.1, -0.05) is 0 Å². The summed E-state index contributed by atoms with van der Waals surface area (Å²) in [6.45, 7) is 2.63. The molecule has 0 N–H and O–H groups in total. The number of sulfone groups is 1. The Balaban J connectivity index is 2.99. The summed E-state index contributed by atoms with van der Waals surface area (Å²) in [5.41, 5.74) is -1.53. The predicted molar refractivity (Wildman–Crippen MR) is 48.9 cm³/mol. The molecule has 0 bridgehead atoms. The molecule has 1 radical (unpaired) electrons. The molecule has 0 fully saturated rings. The fraction of sp³-hybridized carbons (Fsp3) is 0.500. The van der Waals surface area contributed by atoms with Crippen molar-refractivity contribution in [3.63, 3.8) is 0 Å². The van der Waals surface area contributed by atoms with Gasteiger partial charge in [-0.3, -0.25) is 0 Å². The molecule has 77 valence electrons. The summed E-state index contributed by atoms with van der Waals surface area (Å²) in [4.78, 5) is 7.19. The van der Waals surface area contributed by atoms with Crippen LogP contribution in [0.2, 0.25) is 0 Å². The molecule has 0 aromatic carbocycles. The van der Waals surface area contributed by atoms with Crippen LogP contribution in [0.15, 0.2) is 23.6 Å². The van der Waals surface area contributed by atoms with Gasteiger partial charge in [-0.15, -0.1) is 0 Å². The molecular formula is C8H11N2O3S. The number of rotatable bonds is 3. The normalized spacial score (nSPS) is 12.8. The highest BCUT2D eigenvalue weighted by atomic mass is 32.2. The van der Waals surface area contributed by atoms with Crippen LogP contribution in [0.4, 0.5) is 0 Å². The van der Waals surface area contributed by atoms with Gasteiger partial charge in [0.05, 0.1) is 5.75 Å². The van der Waals surface area contributed by atoms with E-state index in [1.54, 1.807) is 0 Å². The van der Waals surface area contributed by atoms with Crippen LogP contribution >= 0.6 is 0 Å². The Kier molecular flexibility index (Phi) is 2.86. The average molecular weight is 215 g/mol. The predicted octanol–water partition coefficient (Wildman–Crippen LogP) is 0.459. The number of hydrogen-bond acceptors (Lipinski definition) is 4. The van der Waals surface area contributed by atoms with Gasteiger partial charge in [0.15, 0.2) is 0 Å². The van der Waals surface area contributed by atoms with E-state index in [4.69, 9.17) is 0 Å². The molecule has 1 aromatic heterocycles. The molecule has 5 nitrogen and oxygen atoms in total. The van der Waals surface area contributed by atoms with Crippen LogP contribution in [-0.2, 0) is 14.9 Å². The van der Waals surface area contributed by atoms with E-state index in [1.165, 1.54) is 32.3 Å².